The van der Waals surface area contributed by atoms with Crippen LogP contribution in [0.4, 0.5) is 5.69 Å². The summed E-state index contributed by atoms with van der Waals surface area (Å²) in [6, 6.07) is 3.64. The maximum Gasteiger partial charge on any atom is 1.00 e. The average molecular weight is 272 g/mol. The van der Waals surface area contributed by atoms with Crippen molar-refractivity contribution >= 4 is 33.3 Å². The van der Waals surface area contributed by atoms with E-state index in [1.165, 1.54) is 19.1 Å². The fraction of sp³-hybridized carbons (Fsp3) is 0.125. The molecule has 0 saturated carbocycles. The zero-order valence-electron chi connectivity index (χ0n) is 8.64. The van der Waals surface area contributed by atoms with Crippen LogP contribution in [0.1, 0.15) is 6.92 Å². The molecule has 1 rings (SSSR count). The Bertz CT molecular complexity index is 511. The predicted octanol–water partition coefficient (Wildman–Crippen LogP) is -2.00. The molecule has 8 heteroatoms. The topological polar surface area (TPSA) is 89.8 Å². The summed E-state index contributed by atoms with van der Waals surface area (Å²) in [4.78, 5) is 2.95. The van der Waals surface area contributed by atoms with Gasteiger partial charge in [0, 0.05) is 5.02 Å². The molecule has 0 aliphatic carbocycles. The Morgan fingerprint density at radius 2 is 2.06 bits per heavy atom. The molecule has 16 heavy (non-hydrogen) atoms. The third kappa shape index (κ3) is 4.40. The number of hydrogen-bond acceptors (Lipinski definition) is 4. The first-order valence-electron chi connectivity index (χ1n) is 3.80. The molecular weight excluding hydrogens is 265 g/mol. The van der Waals surface area contributed by atoms with Crippen LogP contribution in [-0.2, 0) is 10.1 Å². The van der Waals surface area contributed by atoms with Crippen LogP contribution >= 0.6 is 11.6 Å². The van der Waals surface area contributed by atoms with Crippen molar-refractivity contribution in [2.45, 2.75) is 11.8 Å². The molecule has 1 N–H and O–H groups in total. The second kappa shape index (κ2) is 6.00. The van der Waals surface area contributed by atoms with Gasteiger partial charge in [-0.15, -0.1) is 0 Å². The van der Waals surface area contributed by atoms with Crippen LogP contribution in [0.2, 0.25) is 5.02 Å². The largest absolute Gasteiger partial charge is 1.00 e. The van der Waals surface area contributed by atoms with Gasteiger partial charge < -0.3 is 5.11 Å². The molecule has 0 amide bonds. The third-order valence-electron chi connectivity index (χ3n) is 1.48. The van der Waals surface area contributed by atoms with E-state index in [1.807, 2.05) is 0 Å². The van der Waals surface area contributed by atoms with Crippen molar-refractivity contribution in [3.8, 4) is 0 Å². The van der Waals surface area contributed by atoms with Gasteiger partial charge in [0.05, 0.1) is 5.69 Å². The van der Waals surface area contributed by atoms with Crippen molar-refractivity contribution in [1.29, 1.82) is 0 Å². The Kier molecular flexibility index (Phi) is 5.95. The van der Waals surface area contributed by atoms with Crippen LogP contribution in [-0.4, -0.2) is 18.9 Å². The number of hydrogen-bond donors (Lipinski definition) is 1. The molecule has 82 valence electrons. The quantitative estimate of drug-likeness (QED) is 0.292. The van der Waals surface area contributed by atoms with Gasteiger partial charge in [-0.2, -0.15) is 8.42 Å². The molecule has 0 aliphatic heterocycles. The van der Waals surface area contributed by atoms with Crippen molar-refractivity contribution in [3.05, 3.63) is 23.2 Å². The second-order valence-electron chi connectivity index (χ2n) is 2.72. The third-order valence-corrected chi connectivity index (χ3v) is 2.60. The Morgan fingerprint density at radius 3 is 2.50 bits per heavy atom. The van der Waals surface area contributed by atoms with Crippen molar-refractivity contribution in [2.24, 2.45) is 4.99 Å². The molecule has 0 radical (unpaired) electrons. The molecule has 0 bridgehead atoms. The molecule has 0 spiro atoms. The summed E-state index contributed by atoms with van der Waals surface area (Å²) in [5.41, 5.74) is -0.130. The van der Waals surface area contributed by atoms with E-state index in [2.05, 4.69) is 4.99 Å². The first-order chi connectivity index (χ1) is 6.80. The van der Waals surface area contributed by atoms with E-state index < -0.39 is 20.9 Å². The number of aliphatic imine (C=N–C) groups is 1. The first-order valence-corrected chi connectivity index (χ1v) is 5.62. The number of benzene rings is 1. The van der Waals surface area contributed by atoms with Gasteiger partial charge >= 0.3 is 29.6 Å². The average Bonchev–Trinajstić information content (AvgIpc) is 2.05. The first kappa shape index (κ1) is 15.9. The number of nitrogens with zero attached hydrogens (tertiary/aromatic N) is 1. The van der Waals surface area contributed by atoms with Gasteiger partial charge in [-0.25, -0.2) is 0 Å². The van der Waals surface area contributed by atoms with E-state index in [0.717, 1.165) is 6.07 Å². The van der Waals surface area contributed by atoms with E-state index >= 15 is 0 Å². The summed E-state index contributed by atoms with van der Waals surface area (Å²) in [5, 5.41) is 10.8. The maximum absolute atomic E-state index is 10.9. The predicted molar refractivity (Wildman–Crippen MR) is 54.0 cm³/mol. The van der Waals surface area contributed by atoms with Crippen LogP contribution in [0, 0.1) is 0 Å². The van der Waals surface area contributed by atoms with Crippen LogP contribution in [0.3, 0.4) is 0 Å². The van der Waals surface area contributed by atoms with E-state index in [-0.39, 0.29) is 40.3 Å². The number of rotatable bonds is 2. The summed E-state index contributed by atoms with van der Waals surface area (Å²) < 4.78 is 30.7. The van der Waals surface area contributed by atoms with Gasteiger partial charge in [-0.05, 0) is 31.0 Å². The van der Waals surface area contributed by atoms with Crippen molar-refractivity contribution in [3.63, 3.8) is 0 Å². The zero-order chi connectivity index (χ0) is 11.6. The van der Waals surface area contributed by atoms with Gasteiger partial charge in [-0.1, -0.05) is 11.6 Å². The molecule has 0 saturated heterocycles. The molecular formula is C8H7ClNNaO4S. The SMILES string of the molecule is CC([O-])=Nc1ccc(Cl)cc1S(=O)(=O)O.[Na+]. The van der Waals surface area contributed by atoms with Gasteiger partial charge in [0.15, 0.2) is 0 Å². The van der Waals surface area contributed by atoms with Crippen LogP contribution in [0.25, 0.3) is 0 Å². The summed E-state index contributed by atoms with van der Waals surface area (Å²) in [5.74, 6) is -0.567. The second-order valence-corrected chi connectivity index (χ2v) is 4.54. The van der Waals surface area contributed by atoms with Gasteiger partial charge in [0.1, 0.15) is 4.90 Å². The monoisotopic (exact) mass is 271 g/mol. The summed E-state index contributed by atoms with van der Waals surface area (Å²) in [7, 11) is -4.43. The molecule has 0 aromatic heterocycles. The molecule has 1 aromatic rings. The Labute approximate surface area is 120 Å². The maximum atomic E-state index is 10.9. The molecule has 5 nitrogen and oxygen atoms in total. The summed E-state index contributed by atoms with van der Waals surface area (Å²) >= 11 is 5.56. The molecule has 0 atom stereocenters. The minimum Gasteiger partial charge on any atom is -0.862 e. The van der Waals surface area contributed by atoms with Crippen LogP contribution in [0.15, 0.2) is 28.1 Å². The van der Waals surface area contributed by atoms with Gasteiger partial charge in [-0.3, -0.25) is 9.55 Å². The molecule has 0 heterocycles. The number of halogens is 1. The standard InChI is InChI=1S/C8H8ClNO4S.Na/c1-5(11)10-7-3-2-6(9)4-8(7)15(12,13)14;/h2-4H,1H3,(H,10,11)(H,12,13,14);/q;+1/p-1. The Balaban J connectivity index is 0.00000225. The summed E-state index contributed by atoms with van der Waals surface area (Å²) in [6.45, 7) is 1.17. The van der Waals surface area contributed by atoms with E-state index in [1.54, 1.807) is 0 Å². The molecule has 0 aliphatic rings. The van der Waals surface area contributed by atoms with Gasteiger partial charge in [0.2, 0.25) is 0 Å². The van der Waals surface area contributed by atoms with Crippen molar-refractivity contribution < 1.29 is 47.6 Å². The van der Waals surface area contributed by atoms with Crippen LogP contribution < -0.4 is 34.7 Å². The Morgan fingerprint density at radius 1 is 1.50 bits per heavy atom. The zero-order valence-corrected chi connectivity index (χ0v) is 12.2. The van der Waals surface area contributed by atoms with Crippen LogP contribution in [0.5, 0.6) is 0 Å². The van der Waals surface area contributed by atoms with E-state index in [4.69, 9.17) is 16.2 Å². The van der Waals surface area contributed by atoms with E-state index in [9.17, 15) is 13.5 Å². The fourth-order valence-corrected chi connectivity index (χ4v) is 1.85. The van der Waals surface area contributed by atoms with Gasteiger partial charge in [0.25, 0.3) is 10.1 Å². The van der Waals surface area contributed by atoms with Crippen molar-refractivity contribution in [1.82, 2.24) is 0 Å². The smallest absolute Gasteiger partial charge is 0.862 e. The Hall–Kier alpha value is -0.110. The normalized spacial score (nSPS) is 12.1. The van der Waals surface area contributed by atoms with Crippen molar-refractivity contribution in [2.75, 3.05) is 0 Å². The molecule has 0 fully saturated rings. The summed E-state index contributed by atoms with van der Waals surface area (Å²) in [6.07, 6.45) is 0. The molecule has 1 aromatic carbocycles. The van der Waals surface area contributed by atoms with E-state index in [0.29, 0.717) is 0 Å². The minimum absolute atomic E-state index is 0. The molecule has 0 unspecified atom stereocenters. The minimum atomic E-state index is -4.43. The fourth-order valence-electron chi connectivity index (χ4n) is 0.957.